The molecule has 2 rings (SSSR count). The Bertz CT molecular complexity index is 451. The second-order valence-electron chi connectivity index (χ2n) is 7.40. The molecule has 118 valence electrons. The van der Waals surface area contributed by atoms with Crippen molar-refractivity contribution < 1.29 is 0 Å². The van der Waals surface area contributed by atoms with Gasteiger partial charge in [0.05, 0.1) is 0 Å². The van der Waals surface area contributed by atoms with Crippen molar-refractivity contribution in [2.24, 2.45) is 11.8 Å². The lowest BCUT2D eigenvalue weighted by Crippen LogP contribution is -2.28. The Kier molecular flexibility index (Phi) is 5.55. The average Bonchev–Trinajstić information content (AvgIpc) is 2.40. The minimum Gasteiger partial charge on any atom is -0.382 e. The Balaban J connectivity index is 1.99. The van der Waals surface area contributed by atoms with E-state index in [2.05, 4.69) is 63.3 Å². The third kappa shape index (κ3) is 4.66. The molecule has 0 bridgehead atoms. The van der Waals surface area contributed by atoms with Gasteiger partial charge >= 0.3 is 0 Å². The third-order valence-electron chi connectivity index (χ3n) is 4.65. The van der Waals surface area contributed by atoms with E-state index in [0.717, 1.165) is 11.8 Å². The first-order valence-corrected chi connectivity index (χ1v) is 8.50. The number of hydrogen-bond donors (Lipinski definition) is 1. The van der Waals surface area contributed by atoms with Crippen LogP contribution in [0.1, 0.15) is 51.5 Å². The van der Waals surface area contributed by atoms with Gasteiger partial charge in [0.2, 0.25) is 0 Å². The highest BCUT2D eigenvalue weighted by Gasteiger charge is 2.22. The quantitative estimate of drug-likeness (QED) is 0.813. The Labute approximate surface area is 130 Å². The molecule has 0 radical (unpaired) electrons. The Morgan fingerprint density at radius 2 is 2.00 bits per heavy atom. The van der Waals surface area contributed by atoms with Gasteiger partial charge in [0.15, 0.2) is 0 Å². The zero-order valence-electron chi connectivity index (χ0n) is 14.4. The Morgan fingerprint density at radius 1 is 1.24 bits per heavy atom. The monoisotopic (exact) mass is 288 g/mol. The van der Waals surface area contributed by atoms with Crippen molar-refractivity contribution in [3.8, 4) is 0 Å². The SMILES string of the molecule is Cc1ccc(NC2CCCC(CC(C)C)C2)cc1N(C)C. The van der Waals surface area contributed by atoms with Crippen LogP contribution in [0, 0.1) is 18.8 Å². The van der Waals surface area contributed by atoms with Crippen molar-refractivity contribution in [2.45, 2.75) is 58.9 Å². The predicted molar refractivity (Wildman–Crippen MR) is 94.3 cm³/mol. The maximum absolute atomic E-state index is 3.78. The van der Waals surface area contributed by atoms with Crippen LogP contribution in [0.5, 0.6) is 0 Å². The van der Waals surface area contributed by atoms with E-state index in [0.29, 0.717) is 6.04 Å². The van der Waals surface area contributed by atoms with Gasteiger partial charge in [0.25, 0.3) is 0 Å². The van der Waals surface area contributed by atoms with Gasteiger partial charge in [-0.2, -0.15) is 0 Å². The van der Waals surface area contributed by atoms with Crippen molar-refractivity contribution in [1.29, 1.82) is 0 Å². The van der Waals surface area contributed by atoms with Crippen molar-refractivity contribution >= 4 is 11.4 Å². The van der Waals surface area contributed by atoms with Crippen LogP contribution in [0.2, 0.25) is 0 Å². The Morgan fingerprint density at radius 3 is 2.67 bits per heavy atom. The van der Waals surface area contributed by atoms with Crippen LogP contribution in [0.4, 0.5) is 11.4 Å². The van der Waals surface area contributed by atoms with Gasteiger partial charge in [-0.05, 0) is 55.7 Å². The van der Waals surface area contributed by atoms with E-state index in [1.807, 2.05) is 0 Å². The molecule has 2 heteroatoms. The average molecular weight is 288 g/mol. The fraction of sp³-hybridized carbons (Fsp3) is 0.684. The van der Waals surface area contributed by atoms with Crippen LogP contribution in [0.25, 0.3) is 0 Å². The van der Waals surface area contributed by atoms with Crippen LogP contribution in [-0.2, 0) is 0 Å². The molecule has 1 N–H and O–H groups in total. The molecule has 0 spiro atoms. The standard InChI is InChI=1S/C19H32N2/c1-14(2)11-16-7-6-8-17(12-16)20-18-10-9-15(3)19(13-18)21(4)5/h9-10,13-14,16-17,20H,6-8,11-12H2,1-5H3. The second-order valence-corrected chi connectivity index (χ2v) is 7.40. The van der Waals surface area contributed by atoms with Crippen LogP contribution >= 0.6 is 0 Å². The smallest absolute Gasteiger partial charge is 0.0411 e. The summed E-state index contributed by atoms with van der Waals surface area (Å²) in [6.07, 6.45) is 6.84. The summed E-state index contributed by atoms with van der Waals surface area (Å²) in [4.78, 5) is 2.20. The van der Waals surface area contributed by atoms with Crippen molar-refractivity contribution in [3.63, 3.8) is 0 Å². The molecular weight excluding hydrogens is 256 g/mol. The highest BCUT2D eigenvalue weighted by atomic mass is 15.1. The molecule has 1 aliphatic carbocycles. The number of benzene rings is 1. The van der Waals surface area contributed by atoms with E-state index in [4.69, 9.17) is 0 Å². The summed E-state index contributed by atoms with van der Waals surface area (Å²) in [5, 5.41) is 3.78. The number of aryl methyl sites for hydroxylation is 1. The summed E-state index contributed by atoms with van der Waals surface area (Å²) >= 11 is 0. The fourth-order valence-corrected chi connectivity index (χ4v) is 3.72. The van der Waals surface area contributed by atoms with E-state index in [1.165, 1.54) is 49.0 Å². The van der Waals surface area contributed by atoms with Crippen molar-refractivity contribution in [3.05, 3.63) is 23.8 Å². The number of anilines is 2. The van der Waals surface area contributed by atoms with E-state index >= 15 is 0 Å². The molecule has 2 nitrogen and oxygen atoms in total. The summed E-state index contributed by atoms with van der Waals surface area (Å²) < 4.78 is 0. The molecule has 2 unspecified atom stereocenters. The number of nitrogens with zero attached hydrogens (tertiary/aromatic N) is 1. The number of hydrogen-bond acceptors (Lipinski definition) is 2. The third-order valence-corrected chi connectivity index (χ3v) is 4.65. The molecule has 1 aromatic rings. The van der Waals surface area contributed by atoms with Crippen LogP contribution in [0.3, 0.4) is 0 Å². The first-order chi connectivity index (χ1) is 9.95. The zero-order valence-corrected chi connectivity index (χ0v) is 14.4. The maximum atomic E-state index is 3.78. The molecule has 0 aliphatic heterocycles. The van der Waals surface area contributed by atoms with Gasteiger partial charge in [0, 0.05) is 31.5 Å². The van der Waals surface area contributed by atoms with Gasteiger partial charge in [0.1, 0.15) is 0 Å². The summed E-state index contributed by atoms with van der Waals surface area (Å²) in [6.45, 7) is 6.87. The van der Waals surface area contributed by atoms with Gasteiger partial charge in [-0.25, -0.2) is 0 Å². The minimum atomic E-state index is 0.653. The second kappa shape index (κ2) is 7.20. The van der Waals surface area contributed by atoms with E-state index < -0.39 is 0 Å². The maximum Gasteiger partial charge on any atom is 0.0411 e. The van der Waals surface area contributed by atoms with E-state index in [-0.39, 0.29) is 0 Å². The van der Waals surface area contributed by atoms with Crippen molar-refractivity contribution in [2.75, 3.05) is 24.3 Å². The first-order valence-electron chi connectivity index (χ1n) is 8.50. The molecule has 0 aromatic heterocycles. The zero-order chi connectivity index (χ0) is 15.4. The van der Waals surface area contributed by atoms with Gasteiger partial charge < -0.3 is 10.2 Å². The van der Waals surface area contributed by atoms with Crippen LogP contribution in [0.15, 0.2) is 18.2 Å². The topological polar surface area (TPSA) is 15.3 Å². The summed E-state index contributed by atoms with van der Waals surface area (Å²) in [5.74, 6) is 1.74. The van der Waals surface area contributed by atoms with Gasteiger partial charge in [-0.1, -0.05) is 32.8 Å². The molecule has 1 fully saturated rings. The molecule has 1 aliphatic rings. The summed E-state index contributed by atoms with van der Waals surface area (Å²) in [6, 6.07) is 7.40. The minimum absolute atomic E-state index is 0.653. The van der Waals surface area contributed by atoms with Crippen molar-refractivity contribution in [1.82, 2.24) is 0 Å². The lowest BCUT2D eigenvalue weighted by Gasteiger charge is -2.31. The fourth-order valence-electron chi connectivity index (χ4n) is 3.72. The van der Waals surface area contributed by atoms with E-state index in [1.54, 1.807) is 0 Å². The lowest BCUT2D eigenvalue weighted by molar-refractivity contribution is 0.289. The van der Waals surface area contributed by atoms with Gasteiger partial charge in [-0.15, -0.1) is 0 Å². The van der Waals surface area contributed by atoms with E-state index in [9.17, 15) is 0 Å². The molecule has 0 heterocycles. The largest absolute Gasteiger partial charge is 0.382 e. The summed E-state index contributed by atoms with van der Waals surface area (Å²) in [7, 11) is 4.23. The van der Waals surface area contributed by atoms with Gasteiger partial charge in [-0.3, -0.25) is 0 Å². The Hall–Kier alpha value is -1.18. The molecule has 1 aromatic carbocycles. The number of nitrogens with one attached hydrogen (secondary N) is 1. The molecule has 2 atom stereocenters. The lowest BCUT2D eigenvalue weighted by atomic mass is 9.81. The van der Waals surface area contributed by atoms with Crippen LogP contribution in [-0.4, -0.2) is 20.1 Å². The van der Waals surface area contributed by atoms with Crippen LogP contribution < -0.4 is 10.2 Å². The molecule has 0 saturated heterocycles. The highest BCUT2D eigenvalue weighted by molar-refractivity contribution is 5.62. The first kappa shape index (κ1) is 16.2. The summed E-state index contributed by atoms with van der Waals surface area (Å²) in [5.41, 5.74) is 3.93. The molecule has 1 saturated carbocycles. The normalized spacial score (nSPS) is 22.4. The molecule has 21 heavy (non-hydrogen) atoms. The molecule has 0 amide bonds. The highest BCUT2D eigenvalue weighted by Crippen LogP contribution is 2.32. The molecular formula is C19H32N2. The predicted octanol–water partition coefficient (Wildman–Crippen LogP) is 5.08. The number of rotatable bonds is 5.